The lowest BCUT2D eigenvalue weighted by molar-refractivity contribution is 0.305. The van der Waals surface area contributed by atoms with Crippen LogP contribution in [0.15, 0.2) is 42.5 Å². The van der Waals surface area contributed by atoms with Gasteiger partial charge in [0.25, 0.3) is 0 Å². The van der Waals surface area contributed by atoms with Crippen molar-refractivity contribution in [3.8, 4) is 5.75 Å². The van der Waals surface area contributed by atoms with Crippen LogP contribution in [-0.2, 0) is 13.2 Å². The minimum absolute atomic E-state index is 0.580. The molecule has 0 fully saturated rings. The Labute approximate surface area is 108 Å². The predicted molar refractivity (Wildman–Crippen MR) is 74.6 cm³/mol. The minimum Gasteiger partial charge on any atom is -0.489 e. The molecule has 2 N–H and O–H groups in total. The highest BCUT2D eigenvalue weighted by Gasteiger charge is 2.04. The zero-order chi connectivity index (χ0) is 13.0. The van der Waals surface area contributed by atoms with Crippen LogP contribution < -0.4 is 10.5 Å². The van der Waals surface area contributed by atoms with Crippen LogP contribution in [0.5, 0.6) is 5.75 Å². The van der Waals surface area contributed by atoms with E-state index in [1.54, 1.807) is 0 Å². The summed E-state index contributed by atoms with van der Waals surface area (Å²) in [5.74, 6) is 0.908. The van der Waals surface area contributed by atoms with E-state index in [9.17, 15) is 0 Å². The summed E-state index contributed by atoms with van der Waals surface area (Å²) >= 11 is 0. The maximum atomic E-state index is 5.81. The van der Waals surface area contributed by atoms with Crippen molar-refractivity contribution >= 4 is 0 Å². The van der Waals surface area contributed by atoms with Crippen LogP contribution in [0.3, 0.4) is 0 Å². The predicted octanol–water partition coefficient (Wildman–Crippen LogP) is 3.34. The fourth-order valence-corrected chi connectivity index (χ4v) is 2.10. The van der Waals surface area contributed by atoms with E-state index < -0.39 is 0 Å². The lowest BCUT2D eigenvalue weighted by Gasteiger charge is -2.12. The topological polar surface area (TPSA) is 35.2 Å². The van der Waals surface area contributed by atoms with E-state index >= 15 is 0 Å². The van der Waals surface area contributed by atoms with Crippen molar-refractivity contribution in [3.05, 3.63) is 64.7 Å². The summed E-state index contributed by atoms with van der Waals surface area (Å²) in [6.07, 6.45) is 0. The molecule has 2 heteroatoms. The van der Waals surface area contributed by atoms with E-state index in [0.29, 0.717) is 13.2 Å². The van der Waals surface area contributed by atoms with Gasteiger partial charge in [-0.15, -0.1) is 0 Å². The van der Waals surface area contributed by atoms with Gasteiger partial charge in [-0.3, -0.25) is 0 Å². The minimum atomic E-state index is 0.580. The molecule has 2 rings (SSSR count). The number of rotatable bonds is 4. The highest BCUT2D eigenvalue weighted by molar-refractivity contribution is 5.41. The Bertz CT molecular complexity index is 497. The molecule has 0 amide bonds. The maximum Gasteiger partial charge on any atom is 0.120 e. The molecule has 2 aromatic rings. The van der Waals surface area contributed by atoms with Gasteiger partial charge in [0, 0.05) is 6.54 Å². The fourth-order valence-electron chi connectivity index (χ4n) is 2.10. The van der Waals surface area contributed by atoms with Gasteiger partial charge >= 0.3 is 0 Å². The number of ether oxygens (including phenoxy) is 1. The van der Waals surface area contributed by atoms with Crippen molar-refractivity contribution in [3.63, 3.8) is 0 Å². The number of benzene rings is 2. The van der Waals surface area contributed by atoms with Crippen LogP contribution in [-0.4, -0.2) is 0 Å². The number of aryl methyl sites for hydroxylation is 2. The second-order valence-electron chi connectivity index (χ2n) is 4.51. The molecule has 0 atom stereocenters. The van der Waals surface area contributed by atoms with Crippen molar-refractivity contribution in [1.29, 1.82) is 0 Å². The average molecular weight is 241 g/mol. The van der Waals surface area contributed by atoms with Gasteiger partial charge < -0.3 is 10.5 Å². The smallest absolute Gasteiger partial charge is 0.120 e. The van der Waals surface area contributed by atoms with Gasteiger partial charge in [-0.1, -0.05) is 30.3 Å². The molecule has 0 saturated heterocycles. The summed E-state index contributed by atoms with van der Waals surface area (Å²) in [4.78, 5) is 0. The van der Waals surface area contributed by atoms with Crippen molar-refractivity contribution in [2.45, 2.75) is 27.0 Å². The standard InChI is InChI=1S/C16H19NO/c1-12-8-15(9-13(2)16(12)10-17)18-11-14-6-4-3-5-7-14/h3-9H,10-11,17H2,1-2H3. The van der Waals surface area contributed by atoms with Gasteiger partial charge in [-0.2, -0.15) is 0 Å². The molecule has 0 aliphatic rings. The Hall–Kier alpha value is -1.80. The molecule has 0 aliphatic heterocycles. The molecule has 94 valence electrons. The summed E-state index contributed by atoms with van der Waals surface area (Å²) in [6.45, 7) is 5.33. The third-order valence-electron chi connectivity index (χ3n) is 3.12. The van der Waals surface area contributed by atoms with E-state index in [1.807, 2.05) is 18.2 Å². The maximum absolute atomic E-state index is 5.81. The largest absolute Gasteiger partial charge is 0.489 e. The third kappa shape index (κ3) is 2.90. The van der Waals surface area contributed by atoms with Crippen molar-refractivity contribution in [1.82, 2.24) is 0 Å². The first-order valence-electron chi connectivity index (χ1n) is 6.17. The SMILES string of the molecule is Cc1cc(OCc2ccccc2)cc(C)c1CN. The van der Waals surface area contributed by atoms with Crippen LogP contribution in [0, 0.1) is 13.8 Å². The fraction of sp³-hybridized carbons (Fsp3) is 0.250. The summed E-state index contributed by atoms with van der Waals surface area (Å²) in [5, 5.41) is 0. The van der Waals surface area contributed by atoms with Crippen LogP contribution in [0.1, 0.15) is 22.3 Å². The van der Waals surface area contributed by atoms with E-state index in [0.717, 1.165) is 5.75 Å². The third-order valence-corrected chi connectivity index (χ3v) is 3.12. The molecule has 18 heavy (non-hydrogen) atoms. The molecule has 2 aromatic carbocycles. The average Bonchev–Trinajstić information content (AvgIpc) is 2.37. The lowest BCUT2D eigenvalue weighted by Crippen LogP contribution is -2.03. The molecule has 0 unspecified atom stereocenters. The Morgan fingerprint density at radius 2 is 1.61 bits per heavy atom. The highest BCUT2D eigenvalue weighted by Crippen LogP contribution is 2.22. The van der Waals surface area contributed by atoms with Crippen molar-refractivity contribution < 1.29 is 4.74 Å². The van der Waals surface area contributed by atoms with E-state index in [4.69, 9.17) is 10.5 Å². The number of hydrogen-bond acceptors (Lipinski definition) is 2. The lowest BCUT2D eigenvalue weighted by atomic mass is 10.0. The van der Waals surface area contributed by atoms with E-state index in [2.05, 4.69) is 38.1 Å². The summed E-state index contributed by atoms with van der Waals surface area (Å²) < 4.78 is 5.81. The molecule has 0 bridgehead atoms. The van der Waals surface area contributed by atoms with Crippen molar-refractivity contribution in [2.24, 2.45) is 5.73 Å². The summed E-state index contributed by atoms with van der Waals surface area (Å²) in [5.41, 5.74) is 10.5. The zero-order valence-corrected chi connectivity index (χ0v) is 10.9. The second kappa shape index (κ2) is 5.69. The highest BCUT2D eigenvalue weighted by atomic mass is 16.5. The van der Waals surface area contributed by atoms with Crippen LogP contribution >= 0.6 is 0 Å². The quantitative estimate of drug-likeness (QED) is 0.891. The molecule has 2 nitrogen and oxygen atoms in total. The van der Waals surface area contributed by atoms with E-state index in [1.165, 1.54) is 22.3 Å². The zero-order valence-electron chi connectivity index (χ0n) is 10.9. The van der Waals surface area contributed by atoms with Crippen molar-refractivity contribution in [2.75, 3.05) is 0 Å². The van der Waals surface area contributed by atoms with Crippen LogP contribution in [0.25, 0.3) is 0 Å². The molecule has 0 aliphatic carbocycles. The Balaban J connectivity index is 2.11. The molecular formula is C16H19NO. The van der Waals surface area contributed by atoms with Gasteiger partial charge in [0.2, 0.25) is 0 Å². The van der Waals surface area contributed by atoms with Gasteiger partial charge in [0.05, 0.1) is 0 Å². The molecule has 0 aromatic heterocycles. The number of nitrogens with two attached hydrogens (primary N) is 1. The van der Waals surface area contributed by atoms with Gasteiger partial charge in [0.15, 0.2) is 0 Å². The monoisotopic (exact) mass is 241 g/mol. The molecule has 0 radical (unpaired) electrons. The van der Waals surface area contributed by atoms with Gasteiger partial charge in [-0.25, -0.2) is 0 Å². The first-order chi connectivity index (χ1) is 8.70. The molecule has 0 saturated carbocycles. The van der Waals surface area contributed by atoms with Gasteiger partial charge in [0.1, 0.15) is 12.4 Å². The van der Waals surface area contributed by atoms with E-state index in [-0.39, 0.29) is 0 Å². The van der Waals surface area contributed by atoms with Crippen LogP contribution in [0.2, 0.25) is 0 Å². The van der Waals surface area contributed by atoms with Gasteiger partial charge in [-0.05, 0) is 48.2 Å². The second-order valence-corrected chi connectivity index (χ2v) is 4.51. The Morgan fingerprint density at radius 1 is 1.00 bits per heavy atom. The Kier molecular flexibility index (Phi) is 4.00. The Morgan fingerprint density at radius 3 is 2.17 bits per heavy atom. The first kappa shape index (κ1) is 12.7. The summed E-state index contributed by atoms with van der Waals surface area (Å²) in [6, 6.07) is 14.3. The molecule has 0 heterocycles. The molecule has 0 spiro atoms. The normalized spacial score (nSPS) is 10.4. The molecular weight excluding hydrogens is 222 g/mol. The van der Waals surface area contributed by atoms with Crippen LogP contribution in [0.4, 0.5) is 0 Å². The number of hydrogen-bond donors (Lipinski definition) is 1. The summed E-state index contributed by atoms with van der Waals surface area (Å²) in [7, 11) is 0. The first-order valence-corrected chi connectivity index (χ1v) is 6.17.